The van der Waals surface area contributed by atoms with E-state index in [9.17, 15) is 9.18 Å². The second kappa shape index (κ2) is 4.73. The van der Waals surface area contributed by atoms with Crippen LogP contribution in [0.4, 0.5) is 4.39 Å². The molecule has 0 radical (unpaired) electrons. The molecule has 88 valence electrons. The molecule has 2 N–H and O–H groups in total. The minimum atomic E-state index is -0.430. The number of hydrogen-bond acceptors (Lipinski definition) is 3. The molecule has 5 nitrogen and oxygen atoms in total. The van der Waals surface area contributed by atoms with E-state index < -0.39 is 5.82 Å². The number of carbonyl (C=O) groups is 1. The number of aromatic amines is 1. The molecule has 0 aliphatic carbocycles. The van der Waals surface area contributed by atoms with E-state index in [-0.39, 0.29) is 12.5 Å². The van der Waals surface area contributed by atoms with Crippen LogP contribution in [0.1, 0.15) is 21.7 Å². The van der Waals surface area contributed by atoms with Gasteiger partial charge >= 0.3 is 0 Å². The van der Waals surface area contributed by atoms with Gasteiger partial charge in [0.25, 0.3) is 5.91 Å². The molecule has 0 saturated carbocycles. The van der Waals surface area contributed by atoms with Crippen LogP contribution in [-0.2, 0) is 6.54 Å². The van der Waals surface area contributed by atoms with Crippen LogP contribution in [-0.4, -0.2) is 21.1 Å². The highest BCUT2D eigenvalue weighted by atomic mass is 19.1. The Hall–Kier alpha value is -2.24. The Labute approximate surface area is 97.1 Å². The fourth-order valence-electron chi connectivity index (χ4n) is 1.41. The summed E-state index contributed by atoms with van der Waals surface area (Å²) in [6, 6.07) is 4.10. The van der Waals surface area contributed by atoms with Crippen LogP contribution in [0, 0.1) is 12.7 Å². The van der Waals surface area contributed by atoms with Crippen molar-refractivity contribution in [2.75, 3.05) is 0 Å². The molecule has 0 aliphatic rings. The molecule has 0 bridgehead atoms. The number of benzene rings is 1. The van der Waals surface area contributed by atoms with Gasteiger partial charge in [0.15, 0.2) is 0 Å². The number of aryl methyl sites for hydroxylation is 1. The molecule has 1 aromatic heterocycles. The van der Waals surface area contributed by atoms with E-state index >= 15 is 0 Å². The van der Waals surface area contributed by atoms with Crippen LogP contribution in [0.15, 0.2) is 24.5 Å². The highest BCUT2D eigenvalue weighted by molar-refractivity contribution is 5.95. The lowest BCUT2D eigenvalue weighted by molar-refractivity contribution is 0.0949. The zero-order valence-electron chi connectivity index (χ0n) is 9.20. The molecule has 17 heavy (non-hydrogen) atoms. The summed E-state index contributed by atoms with van der Waals surface area (Å²) in [5.41, 5.74) is 1.05. The number of H-pyrrole nitrogens is 1. The molecule has 0 fully saturated rings. The van der Waals surface area contributed by atoms with E-state index in [1.807, 2.05) is 0 Å². The third-order valence-corrected chi connectivity index (χ3v) is 2.33. The summed E-state index contributed by atoms with van der Waals surface area (Å²) in [6.07, 6.45) is 1.36. The first-order valence-electron chi connectivity index (χ1n) is 5.05. The number of aromatic nitrogens is 3. The van der Waals surface area contributed by atoms with Gasteiger partial charge in [-0.3, -0.25) is 9.89 Å². The summed E-state index contributed by atoms with van der Waals surface area (Å²) >= 11 is 0. The summed E-state index contributed by atoms with van der Waals surface area (Å²) < 4.78 is 13.0. The first-order chi connectivity index (χ1) is 8.16. The van der Waals surface area contributed by atoms with Gasteiger partial charge in [0.05, 0.1) is 6.54 Å². The van der Waals surface area contributed by atoms with Gasteiger partial charge < -0.3 is 5.32 Å². The monoisotopic (exact) mass is 234 g/mol. The zero-order chi connectivity index (χ0) is 12.3. The molecule has 1 aromatic carbocycles. The van der Waals surface area contributed by atoms with E-state index in [0.29, 0.717) is 11.4 Å². The molecule has 1 amide bonds. The largest absolute Gasteiger partial charge is 0.345 e. The second-order valence-corrected chi connectivity index (χ2v) is 3.57. The Bertz CT molecular complexity index is 524. The van der Waals surface area contributed by atoms with Crippen molar-refractivity contribution >= 4 is 5.91 Å². The molecule has 0 spiro atoms. The minimum Gasteiger partial charge on any atom is -0.345 e. The Morgan fingerprint density at radius 3 is 3.06 bits per heavy atom. The fraction of sp³-hybridized carbons (Fsp3) is 0.182. The van der Waals surface area contributed by atoms with Crippen LogP contribution in [0.3, 0.4) is 0 Å². The molecule has 0 aliphatic heterocycles. The standard InChI is InChI=1S/C11H11FN4O/c1-7-2-3-8(12)4-9(7)11(17)13-5-10-14-6-15-16-10/h2-4,6H,5H2,1H3,(H,13,17)(H,14,15,16). The quantitative estimate of drug-likeness (QED) is 0.837. The number of halogens is 1. The lowest BCUT2D eigenvalue weighted by Gasteiger charge is -2.06. The Morgan fingerprint density at radius 1 is 1.53 bits per heavy atom. The summed E-state index contributed by atoms with van der Waals surface area (Å²) in [5, 5.41) is 8.91. The fourth-order valence-corrected chi connectivity index (χ4v) is 1.41. The van der Waals surface area contributed by atoms with E-state index in [1.54, 1.807) is 13.0 Å². The smallest absolute Gasteiger partial charge is 0.252 e. The predicted octanol–water partition coefficient (Wildman–Crippen LogP) is 1.18. The van der Waals surface area contributed by atoms with Crippen molar-refractivity contribution in [2.24, 2.45) is 0 Å². The molecule has 0 atom stereocenters. The third-order valence-electron chi connectivity index (χ3n) is 2.33. The van der Waals surface area contributed by atoms with Crippen LogP contribution in [0.2, 0.25) is 0 Å². The molecule has 2 aromatic rings. The van der Waals surface area contributed by atoms with Gasteiger partial charge in [-0.15, -0.1) is 0 Å². The summed E-state index contributed by atoms with van der Waals surface area (Å²) in [5.74, 6) is -0.216. The number of hydrogen-bond donors (Lipinski definition) is 2. The molecular formula is C11H11FN4O. The molecule has 0 saturated heterocycles. The van der Waals surface area contributed by atoms with E-state index in [1.165, 1.54) is 18.5 Å². The lowest BCUT2D eigenvalue weighted by atomic mass is 10.1. The van der Waals surface area contributed by atoms with Crippen LogP contribution < -0.4 is 5.32 Å². The molecule has 6 heteroatoms. The van der Waals surface area contributed by atoms with Crippen molar-refractivity contribution < 1.29 is 9.18 Å². The van der Waals surface area contributed by atoms with Gasteiger partial charge in [0.1, 0.15) is 18.0 Å². The van der Waals surface area contributed by atoms with Crippen molar-refractivity contribution in [2.45, 2.75) is 13.5 Å². The molecule has 0 unspecified atom stereocenters. The summed E-state index contributed by atoms with van der Waals surface area (Å²) in [4.78, 5) is 15.6. The Morgan fingerprint density at radius 2 is 2.35 bits per heavy atom. The average molecular weight is 234 g/mol. The first kappa shape index (κ1) is 11.3. The number of nitrogens with zero attached hydrogens (tertiary/aromatic N) is 2. The van der Waals surface area contributed by atoms with Crippen LogP contribution >= 0.6 is 0 Å². The maximum atomic E-state index is 13.0. The Balaban J connectivity index is 2.07. The van der Waals surface area contributed by atoms with Crippen molar-refractivity contribution in [3.63, 3.8) is 0 Å². The SMILES string of the molecule is Cc1ccc(F)cc1C(=O)NCc1ncn[nH]1. The Kier molecular flexibility index (Phi) is 3.13. The minimum absolute atomic E-state index is 0.231. The van der Waals surface area contributed by atoms with Crippen LogP contribution in [0.5, 0.6) is 0 Å². The van der Waals surface area contributed by atoms with E-state index in [4.69, 9.17) is 0 Å². The zero-order valence-corrected chi connectivity index (χ0v) is 9.20. The summed E-state index contributed by atoms with van der Waals surface area (Å²) in [6.45, 7) is 1.98. The van der Waals surface area contributed by atoms with Gasteiger partial charge in [-0.05, 0) is 24.6 Å². The maximum Gasteiger partial charge on any atom is 0.252 e. The van der Waals surface area contributed by atoms with Crippen molar-refractivity contribution in [3.8, 4) is 0 Å². The summed E-state index contributed by atoms with van der Waals surface area (Å²) in [7, 11) is 0. The third kappa shape index (κ3) is 2.66. The van der Waals surface area contributed by atoms with Gasteiger partial charge in [-0.25, -0.2) is 9.37 Å². The van der Waals surface area contributed by atoms with E-state index in [0.717, 1.165) is 5.56 Å². The molecule has 1 heterocycles. The van der Waals surface area contributed by atoms with Crippen molar-refractivity contribution in [3.05, 3.63) is 47.3 Å². The van der Waals surface area contributed by atoms with Gasteiger partial charge in [-0.2, -0.15) is 5.10 Å². The normalized spacial score (nSPS) is 10.2. The van der Waals surface area contributed by atoms with E-state index in [2.05, 4.69) is 20.5 Å². The highest BCUT2D eigenvalue weighted by Gasteiger charge is 2.10. The number of nitrogens with one attached hydrogen (secondary N) is 2. The number of amides is 1. The number of carbonyl (C=O) groups excluding carboxylic acids is 1. The highest BCUT2D eigenvalue weighted by Crippen LogP contribution is 2.10. The van der Waals surface area contributed by atoms with Gasteiger partial charge in [0, 0.05) is 5.56 Å². The number of rotatable bonds is 3. The van der Waals surface area contributed by atoms with Crippen LogP contribution in [0.25, 0.3) is 0 Å². The molecule has 2 rings (SSSR count). The average Bonchev–Trinajstić information content (AvgIpc) is 2.82. The predicted molar refractivity (Wildman–Crippen MR) is 58.7 cm³/mol. The second-order valence-electron chi connectivity index (χ2n) is 3.57. The first-order valence-corrected chi connectivity index (χ1v) is 5.05. The lowest BCUT2D eigenvalue weighted by Crippen LogP contribution is -2.24. The van der Waals surface area contributed by atoms with Gasteiger partial charge in [-0.1, -0.05) is 6.07 Å². The van der Waals surface area contributed by atoms with Crippen molar-refractivity contribution in [1.82, 2.24) is 20.5 Å². The maximum absolute atomic E-state index is 13.0. The topological polar surface area (TPSA) is 70.7 Å². The van der Waals surface area contributed by atoms with Crippen molar-refractivity contribution in [1.29, 1.82) is 0 Å². The van der Waals surface area contributed by atoms with Gasteiger partial charge in [0.2, 0.25) is 0 Å². The molecular weight excluding hydrogens is 223 g/mol.